The first kappa shape index (κ1) is 35.1. The molecule has 8 heteroatoms. The Morgan fingerprint density at radius 1 is 0.886 bits per heavy atom. The minimum absolute atomic E-state index is 0. The molecule has 1 aromatic heterocycles. The Bertz CT molecular complexity index is 1500. The van der Waals surface area contributed by atoms with Crippen LogP contribution in [-0.2, 0) is 29.6 Å². The predicted octanol–water partition coefficient (Wildman–Crippen LogP) is 6.20. The van der Waals surface area contributed by atoms with E-state index < -0.39 is 0 Å². The number of likely N-dealkylation sites (tertiary alicyclic amines) is 1. The molecule has 1 amide bonds. The molecule has 0 saturated carbocycles. The van der Waals surface area contributed by atoms with E-state index in [4.69, 9.17) is 27.9 Å². The van der Waals surface area contributed by atoms with Crippen LogP contribution in [0.2, 0.25) is 10.0 Å². The lowest BCUT2D eigenvalue weighted by Crippen LogP contribution is -2.51. The molecule has 1 saturated heterocycles. The van der Waals surface area contributed by atoms with Crippen molar-refractivity contribution in [3.05, 3.63) is 130 Å². The van der Waals surface area contributed by atoms with Gasteiger partial charge in [-0.2, -0.15) is 0 Å². The third kappa shape index (κ3) is 9.05. The number of aromatic nitrogens is 1. The van der Waals surface area contributed by atoms with Crippen molar-refractivity contribution in [1.29, 1.82) is 0 Å². The van der Waals surface area contributed by atoms with Crippen molar-refractivity contribution >= 4 is 29.1 Å². The van der Waals surface area contributed by atoms with Gasteiger partial charge in [-0.1, -0.05) is 71.7 Å². The quantitative estimate of drug-likeness (QED) is 0.193. The molecular formula is C36H43Cl2N2O4+. The van der Waals surface area contributed by atoms with Crippen LogP contribution in [0.15, 0.2) is 97.3 Å². The van der Waals surface area contributed by atoms with Crippen LogP contribution in [-0.4, -0.2) is 41.0 Å². The first-order valence-corrected chi connectivity index (χ1v) is 15.6. The first-order chi connectivity index (χ1) is 20.3. The number of amides is 1. The molecule has 1 atom stereocenters. The molecular weight excluding hydrogens is 595 g/mol. The van der Waals surface area contributed by atoms with Crippen molar-refractivity contribution in [3.63, 3.8) is 0 Å². The van der Waals surface area contributed by atoms with Crippen LogP contribution in [0.1, 0.15) is 55.4 Å². The molecule has 4 aromatic rings. The second-order valence-corrected chi connectivity index (χ2v) is 12.5. The molecule has 1 fully saturated rings. The Balaban J connectivity index is 0.00000264. The van der Waals surface area contributed by atoms with Crippen molar-refractivity contribution in [2.24, 2.45) is 0 Å². The van der Waals surface area contributed by atoms with Gasteiger partial charge in [-0.05, 0) is 79.6 Å². The predicted molar refractivity (Wildman–Crippen MR) is 178 cm³/mol. The molecule has 1 unspecified atom stereocenters. The summed E-state index contributed by atoms with van der Waals surface area (Å²) in [5, 5.41) is 1.10. The lowest BCUT2D eigenvalue weighted by atomic mass is 9.71. The Hall–Kier alpha value is -3.42. The second-order valence-electron chi connectivity index (χ2n) is 11.7. The molecule has 44 heavy (non-hydrogen) atoms. The molecule has 1 aliphatic heterocycles. The summed E-state index contributed by atoms with van der Waals surface area (Å²) in [6.07, 6.45) is 8.49. The summed E-state index contributed by atoms with van der Waals surface area (Å²) in [5.74, 6) is 0.935. The number of rotatable bonds is 10. The van der Waals surface area contributed by atoms with Gasteiger partial charge >= 0.3 is 0 Å². The fourth-order valence-electron chi connectivity index (χ4n) is 5.97. The minimum Gasteiger partial charge on any atom is -0.491 e. The summed E-state index contributed by atoms with van der Waals surface area (Å²) in [6, 6.07) is 28.8. The zero-order valence-electron chi connectivity index (χ0n) is 25.4. The number of ether oxygens (including phenoxy) is 1. The summed E-state index contributed by atoms with van der Waals surface area (Å²) in [7, 11) is 0. The van der Waals surface area contributed by atoms with Crippen molar-refractivity contribution in [3.8, 4) is 5.75 Å². The van der Waals surface area contributed by atoms with E-state index >= 15 is 0 Å². The number of piperidine rings is 1. The number of carbonyl (C=O) groups is 1. The van der Waals surface area contributed by atoms with Crippen molar-refractivity contribution in [2.45, 2.75) is 64.0 Å². The van der Waals surface area contributed by atoms with Gasteiger partial charge < -0.3 is 20.6 Å². The van der Waals surface area contributed by atoms with E-state index in [-0.39, 0.29) is 28.4 Å². The van der Waals surface area contributed by atoms with Crippen LogP contribution in [0.5, 0.6) is 5.75 Å². The van der Waals surface area contributed by atoms with Gasteiger partial charge in [0, 0.05) is 37.1 Å². The molecule has 3 aromatic carbocycles. The average Bonchev–Trinajstić information content (AvgIpc) is 2.99. The van der Waals surface area contributed by atoms with Crippen LogP contribution in [0.4, 0.5) is 0 Å². The molecule has 234 valence electrons. The zero-order valence-corrected chi connectivity index (χ0v) is 27.0. The van der Waals surface area contributed by atoms with Crippen molar-refractivity contribution in [2.75, 3.05) is 13.1 Å². The number of nitrogens with zero attached hydrogens (tertiary/aromatic N) is 2. The van der Waals surface area contributed by atoms with Gasteiger partial charge in [0.2, 0.25) is 5.91 Å². The number of pyridine rings is 1. The molecule has 6 nitrogen and oxygen atoms in total. The third-order valence-corrected chi connectivity index (χ3v) is 8.89. The molecule has 0 spiro atoms. The molecule has 1 aliphatic rings. The highest BCUT2D eigenvalue weighted by Crippen LogP contribution is 2.40. The van der Waals surface area contributed by atoms with E-state index in [1.807, 2.05) is 61.2 Å². The van der Waals surface area contributed by atoms with Gasteiger partial charge in [0.1, 0.15) is 12.3 Å². The van der Waals surface area contributed by atoms with Crippen LogP contribution in [0, 0.1) is 0 Å². The van der Waals surface area contributed by atoms with Gasteiger partial charge in [0.15, 0.2) is 12.4 Å². The number of halogens is 2. The summed E-state index contributed by atoms with van der Waals surface area (Å²) < 4.78 is 8.10. The number of benzene rings is 3. The van der Waals surface area contributed by atoms with Gasteiger partial charge in [-0.15, -0.1) is 0 Å². The lowest BCUT2D eigenvalue weighted by molar-refractivity contribution is -0.698. The Labute approximate surface area is 270 Å². The molecule has 0 aliphatic carbocycles. The Morgan fingerprint density at radius 2 is 1.59 bits per heavy atom. The monoisotopic (exact) mass is 637 g/mol. The van der Waals surface area contributed by atoms with Crippen molar-refractivity contribution in [1.82, 2.24) is 4.90 Å². The zero-order chi connectivity index (χ0) is 29.5. The van der Waals surface area contributed by atoms with E-state index in [9.17, 15) is 4.79 Å². The summed E-state index contributed by atoms with van der Waals surface area (Å²) in [5.41, 5.74) is 4.48. The van der Waals surface area contributed by atoms with Crippen LogP contribution in [0.3, 0.4) is 0 Å². The van der Waals surface area contributed by atoms with E-state index in [0.29, 0.717) is 23.0 Å². The maximum Gasteiger partial charge on any atom is 0.227 e. The van der Waals surface area contributed by atoms with Gasteiger partial charge in [0.05, 0.1) is 22.6 Å². The lowest BCUT2D eigenvalue weighted by Gasteiger charge is -2.43. The van der Waals surface area contributed by atoms with Gasteiger partial charge in [-0.3, -0.25) is 4.79 Å². The van der Waals surface area contributed by atoms with Gasteiger partial charge in [-0.25, -0.2) is 4.57 Å². The number of aryl methyl sites for hydroxylation is 1. The molecule has 0 radical (unpaired) electrons. The number of hydrogen-bond acceptors (Lipinski definition) is 2. The fourth-order valence-corrected chi connectivity index (χ4v) is 6.27. The third-order valence-electron chi connectivity index (χ3n) is 8.15. The summed E-state index contributed by atoms with van der Waals surface area (Å²) in [6.45, 7) is 6.25. The van der Waals surface area contributed by atoms with Gasteiger partial charge in [0.25, 0.3) is 0 Å². The highest BCUT2D eigenvalue weighted by molar-refractivity contribution is 6.42. The molecule has 0 bridgehead atoms. The van der Waals surface area contributed by atoms with Crippen LogP contribution < -0.4 is 9.30 Å². The van der Waals surface area contributed by atoms with Crippen molar-refractivity contribution < 1.29 is 25.1 Å². The van der Waals surface area contributed by atoms with Crippen LogP contribution >= 0.6 is 23.2 Å². The normalized spacial score (nSPS) is 16.2. The fraction of sp³-hybridized carbons (Fsp3) is 0.333. The highest BCUT2D eigenvalue weighted by atomic mass is 35.5. The Kier molecular flexibility index (Phi) is 12.8. The Morgan fingerprint density at radius 3 is 2.30 bits per heavy atom. The SMILES string of the molecule is CC(C)Oc1cccc(CC(=O)N2CCCC(CC[n+]3ccc(Cc4ccccc4)cc3)(c3ccc(Cl)c(Cl)c3)C2)c1.O.O. The highest BCUT2D eigenvalue weighted by Gasteiger charge is 2.39. The van der Waals surface area contributed by atoms with Crippen LogP contribution in [0.25, 0.3) is 0 Å². The maximum absolute atomic E-state index is 13.6. The molecule has 4 N–H and O–H groups in total. The minimum atomic E-state index is -0.222. The number of hydrogen-bond donors (Lipinski definition) is 0. The van der Waals surface area contributed by atoms with E-state index in [2.05, 4.69) is 59.4 Å². The molecule has 5 rings (SSSR count). The summed E-state index contributed by atoms with van der Waals surface area (Å²) >= 11 is 12.8. The maximum atomic E-state index is 13.6. The largest absolute Gasteiger partial charge is 0.491 e. The topological polar surface area (TPSA) is 96.4 Å². The van der Waals surface area contributed by atoms with E-state index in [0.717, 1.165) is 55.6 Å². The van der Waals surface area contributed by atoms with E-state index in [1.165, 1.54) is 11.1 Å². The standard InChI is InChI=1S/C36H39Cl2N2O2.2H2O/c1-27(2)42-32-11-6-10-30(23-32)24-35(41)40-18-7-16-36(26-40,31-12-13-33(37)34(38)25-31)17-21-39-19-14-29(15-20-39)22-28-8-4-3-5-9-28;;/h3-6,8-15,19-20,23,25,27H,7,16-18,21-22,24,26H2,1-2H3;2*1H2/q+1;;. The number of carbonyl (C=O) groups excluding carboxylic acids is 1. The smallest absolute Gasteiger partial charge is 0.227 e. The van der Waals surface area contributed by atoms with E-state index in [1.54, 1.807) is 0 Å². The average molecular weight is 639 g/mol. The first-order valence-electron chi connectivity index (χ1n) is 14.8. The second kappa shape index (κ2) is 16.1. The summed E-state index contributed by atoms with van der Waals surface area (Å²) in [4.78, 5) is 15.7. The molecule has 2 heterocycles.